The minimum atomic E-state index is -0.930. The minimum absolute atomic E-state index is 0.386. The highest BCUT2D eigenvalue weighted by molar-refractivity contribution is 5.65. The molecule has 0 aliphatic heterocycles. The van der Waals surface area contributed by atoms with Gasteiger partial charge in [-0.15, -0.1) is 0 Å². The van der Waals surface area contributed by atoms with Crippen LogP contribution in [-0.2, 0) is 6.54 Å². The molecule has 2 aromatic carbocycles. The number of rotatable bonds is 6. The number of anilines is 3. The second kappa shape index (κ2) is 8.43. The van der Waals surface area contributed by atoms with Crippen molar-refractivity contribution in [1.82, 2.24) is 15.0 Å². The van der Waals surface area contributed by atoms with Gasteiger partial charge in [-0.3, -0.25) is 4.98 Å². The van der Waals surface area contributed by atoms with Crippen molar-refractivity contribution in [3.63, 3.8) is 0 Å². The molecule has 0 saturated heterocycles. The van der Waals surface area contributed by atoms with E-state index in [1.54, 1.807) is 12.3 Å². The number of halogens is 2. The summed E-state index contributed by atoms with van der Waals surface area (Å²) in [6.07, 6.45) is 1.72. The van der Waals surface area contributed by atoms with Crippen molar-refractivity contribution >= 4 is 17.3 Å². The summed E-state index contributed by atoms with van der Waals surface area (Å²) in [6.45, 7) is 0.483. The van der Waals surface area contributed by atoms with Crippen LogP contribution < -0.4 is 10.6 Å². The first-order chi connectivity index (χ1) is 14.2. The largest absolute Gasteiger partial charge is 0.364 e. The lowest BCUT2D eigenvalue weighted by molar-refractivity contribution is 0.509. The van der Waals surface area contributed by atoms with E-state index >= 15 is 0 Å². The predicted molar refractivity (Wildman–Crippen MR) is 109 cm³/mol. The molecule has 0 saturated carbocycles. The molecule has 2 aromatic heterocycles. The van der Waals surface area contributed by atoms with Gasteiger partial charge in [0, 0.05) is 29.6 Å². The fourth-order valence-electron chi connectivity index (χ4n) is 2.72. The summed E-state index contributed by atoms with van der Waals surface area (Å²) in [6, 6.07) is 20.5. The number of aromatic nitrogens is 3. The summed E-state index contributed by atoms with van der Waals surface area (Å²) < 4.78 is 26.8. The number of hydrogen-bond donors (Lipinski definition) is 2. The zero-order valence-corrected chi connectivity index (χ0v) is 15.3. The van der Waals surface area contributed by atoms with Crippen molar-refractivity contribution in [2.75, 3.05) is 10.6 Å². The van der Waals surface area contributed by atoms with E-state index in [9.17, 15) is 8.78 Å². The first-order valence-corrected chi connectivity index (χ1v) is 8.98. The fraction of sp³-hybridized carbons (Fsp3) is 0.0455. The number of hydrogen-bond acceptors (Lipinski definition) is 5. The van der Waals surface area contributed by atoms with Crippen molar-refractivity contribution < 1.29 is 8.78 Å². The summed E-state index contributed by atoms with van der Waals surface area (Å²) in [5.41, 5.74) is 2.09. The average Bonchev–Trinajstić information content (AvgIpc) is 2.76. The van der Waals surface area contributed by atoms with Crippen molar-refractivity contribution in [2.24, 2.45) is 0 Å². The van der Waals surface area contributed by atoms with Gasteiger partial charge in [0.15, 0.2) is 17.5 Å². The van der Waals surface area contributed by atoms with Gasteiger partial charge in [0.05, 0.1) is 12.2 Å². The summed E-state index contributed by atoms with van der Waals surface area (Å²) in [7, 11) is 0. The average molecular weight is 389 g/mol. The molecule has 4 aromatic rings. The standard InChI is InChI=1S/C22H17F2N5/c23-18-10-9-16(12-19(18)24)27-21-13-20(26-14-17-8-4-5-11-25-17)28-22(29-21)15-6-2-1-3-7-15/h1-13H,14H2,(H2,26,27,28,29). The highest BCUT2D eigenvalue weighted by Crippen LogP contribution is 2.24. The van der Waals surface area contributed by atoms with E-state index in [1.165, 1.54) is 6.07 Å². The van der Waals surface area contributed by atoms with Gasteiger partial charge < -0.3 is 10.6 Å². The number of pyridine rings is 1. The van der Waals surface area contributed by atoms with Crippen LogP contribution in [0.2, 0.25) is 0 Å². The van der Waals surface area contributed by atoms with Crippen LogP contribution in [0.3, 0.4) is 0 Å². The summed E-state index contributed by atoms with van der Waals surface area (Å²) in [5, 5.41) is 6.24. The zero-order valence-electron chi connectivity index (χ0n) is 15.3. The quantitative estimate of drug-likeness (QED) is 0.476. The molecular formula is C22H17F2N5. The Kier molecular flexibility index (Phi) is 5.38. The van der Waals surface area contributed by atoms with Gasteiger partial charge in [0.25, 0.3) is 0 Å². The minimum Gasteiger partial charge on any atom is -0.364 e. The molecule has 0 spiro atoms. The normalized spacial score (nSPS) is 10.6. The molecule has 0 aliphatic carbocycles. The Morgan fingerprint density at radius 1 is 0.759 bits per heavy atom. The van der Waals surface area contributed by atoms with Crippen LogP contribution in [0.4, 0.5) is 26.1 Å². The molecular weight excluding hydrogens is 372 g/mol. The molecule has 4 rings (SSSR count). The van der Waals surface area contributed by atoms with Crippen molar-refractivity contribution in [3.05, 3.63) is 96.3 Å². The van der Waals surface area contributed by atoms with Gasteiger partial charge in [-0.05, 0) is 24.3 Å². The summed E-state index contributed by atoms with van der Waals surface area (Å²) in [5.74, 6) is -0.300. The Bertz CT molecular complexity index is 1100. The van der Waals surface area contributed by atoms with E-state index in [2.05, 4.69) is 25.6 Å². The van der Waals surface area contributed by atoms with E-state index in [4.69, 9.17) is 0 Å². The topological polar surface area (TPSA) is 62.7 Å². The maximum absolute atomic E-state index is 13.5. The van der Waals surface area contributed by atoms with Crippen molar-refractivity contribution in [1.29, 1.82) is 0 Å². The summed E-state index contributed by atoms with van der Waals surface area (Å²) in [4.78, 5) is 13.4. The smallest absolute Gasteiger partial charge is 0.163 e. The molecule has 2 heterocycles. The van der Waals surface area contributed by atoms with Crippen LogP contribution in [0.15, 0.2) is 79.0 Å². The highest BCUT2D eigenvalue weighted by Gasteiger charge is 2.09. The lowest BCUT2D eigenvalue weighted by atomic mass is 10.2. The number of nitrogens with one attached hydrogen (secondary N) is 2. The van der Waals surface area contributed by atoms with Gasteiger partial charge in [-0.25, -0.2) is 18.7 Å². The zero-order chi connectivity index (χ0) is 20.1. The molecule has 0 radical (unpaired) electrons. The van der Waals surface area contributed by atoms with Gasteiger partial charge >= 0.3 is 0 Å². The SMILES string of the molecule is Fc1ccc(Nc2cc(NCc3ccccn3)nc(-c3ccccc3)n2)cc1F. The van der Waals surface area contributed by atoms with Crippen LogP contribution in [0, 0.1) is 11.6 Å². The maximum atomic E-state index is 13.5. The third-order valence-electron chi connectivity index (χ3n) is 4.13. The van der Waals surface area contributed by atoms with Crippen molar-refractivity contribution in [2.45, 2.75) is 6.54 Å². The highest BCUT2D eigenvalue weighted by atomic mass is 19.2. The van der Waals surface area contributed by atoms with E-state index in [0.29, 0.717) is 29.7 Å². The lowest BCUT2D eigenvalue weighted by Crippen LogP contribution is -2.06. The molecule has 0 bridgehead atoms. The second-order valence-electron chi connectivity index (χ2n) is 6.26. The molecule has 0 unspecified atom stereocenters. The van der Waals surface area contributed by atoms with E-state index < -0.39 is 11.6 Å². The molecule has 7 heteroatoms. The number of benzene rings is 2. The third-order valence-corrected chi connectivity index (χ3v) is 4.13. The molecule has 0 aliphatic rings. The molecule has 0 fully saturated rings. The third kappa shape index (κ3) is 4.70. The van der Waals surface area contributed by atoms with Gasteiger partial charge in [-0.1, -0.05) is 36.4 Å². The first kappa shape index (κ1) is 18.5. The van der Waals surface area contributed by atoms with Crippen LogP contribution >= 0.6 is 0 Å². The van der Waals surface area contributed by atoms with Gasteiger partial charge in [0.2, 0.25) is 0 Å². The fourth-order valence-corrected chi connectivity index (χ4v) is 2.72. The monoisotopic (exact) mass is 389 g/mol. The Morgan fingerprint density at radius 3 is 2.31 bits per heavy atom. The molecule has 29 heavy (non-hydrogen) atoms. The van der Waals surface area contributed by atoms with Crippen LogP contribution in [0.25, 0.3) is 11.4 Å². The summed E-state index contributed by atoms with van der Waals surface area (Å²) >= 11 is 0. The van der Waals surface area contributed by atoms with Crippen LogP contribution in [0.1, 0.15) is 5.69 Å². The Morgan fingerprint density at radius 2 is 1.55 bits per heavy atom. The molecule has 5 nitrogen and oxygen atoms in total. The van der Waals surface area contributed by atoms with E-state index in [-0.39, 0.29) is 0 Å². The van der Waals surface area contributed by atoms with Crippen LogP contribution in [-0.4, -0.2) is 15.0 Å². The first-order valence-electron chi connectivity index (χ1n) is 8.98. The molecule has 0 atom stereocenters. The number of nitrogens with zero attached hydrogens (tertiary/aromatic N) is 3. The van der Waals surface area contributed by atoms with Gasteiger partial charge in [-0.2, -0.15) is 0 Å². The van der Waals surface area contributed by atoms with Crippen LogP contribution in [0.5, 0.6) is 0 Å². The Labute approximate surface area is 166 Å². The maximum Gasteiger partial charge on any atom is 0.163 e. The molecule has 144 valence electrons. The second-order valence-corrected chi connectivity index (χ2v) is 6.26. The predicted octanol–water partition coefficient (Wildman–Crippen LogP) is 5.17. The van der Waals surface area contributed by atoms with Crippen molar-refractivity contribution in [3.8, 4) is 11.4 Å². The van der Waals surface area contributed by atoms with Gasteiger partial charge in [0.1, 0.15) is 11.6 Å². The molecule has 0 amide bonds. The molecule has 2 N–H and O–H groups in total. The Hall–Kier alpha value is -3.87. The Balaban J connectivity index is 1.64. The van der Waals surface area contributed by atoms with E-state index in [1.807, 2.05) is 48.5 Å². The van der Waals surface area contributed by atoms with E-state index in [0.717, 1.165) is 23.4 Å². The lowest BCUT2D eigenvalue weighted by Gasteiger charge is -2.12.